The highest BCUT2D eigenvalue weighted by Gasteiger charge is 2.14. The number of rotatable bonds is 9. The Kier molecular flexibility index (Phi) is 12.5. The Labute approximate surface area is 201 Å². The first-order valence-electron chi connectivity index (χ1n) is 10.4. The van der Waals surface area contributed by atoms with E-state index in [-0.39, 0.29) is 42.7 Å². The van der Waals surface area contributed by atoms with Crippen molar-refractivity contribution in [2.24, 2.45) is 0 Å². The van der Waals surface area contributed by atoms with Gasteiger partial charge in [-0.2, -0.15) is 0 Å². The van der Waals surface area contributed by atoms with Gasteiger partial charge in [-0.25, -0.2) is 0 Å². The summed E-state index contributed by atoms with van der Waals surface area (Å²) in [5, 5.41) is 14.0. The first-order chi connectivity index (χ1) is 14.7. The number of ether oxygens (including phenoxy) is 3. The fraction of sp³-hybridized carbons (Fsp3) is 0.391. The maximum atomic E-state index is 12.3. The number of hydrogen-bond donors (Lipinski definition) is 3. The molecule has 3 rings (SSSR count). The molecule has 0 atom stereocenters. The summed E-state index contributed by atoms with van der Waals surface area (Å²) in [6, 6.07) is 14.4. The van der Waals surface area contributed by atoms with Gasteiger partial charge in [0.2, 0.25) is 5.90 Å². The summed E-state index contributed by atoms with van der Waals surface area (Å²) in [6.45, 7) is 4.94. The van der Waals surface area contributed by atoms with Gasteiger partial charge in [0.25, 0.3) is 5.91 Å². The highest BCUT2D eigenvalue weighted by molar-refractivity contribution is 5.94. The van der Waals surface area contributed by atoms with Crippen LogP contribution in [0.5, 0.6) is 11.5 Å². The van der Waals surface area contributed by atoms with Crippen LogP contribution in [0.3, 0.4) is 0 Å². The maximum Gasteiger partial charge on any atom is 0.251 e. The van der Waals surface area contributed by atoms with Crippen LogP contribution < -0.4 is 20.1 Å². The van der Waals surface area contributed by atoms with Crippen LogP contribution in [-0.4, -0.2) is 50.8 Å². The topological polar surface area (TPSA) is 92.7 Å². The monoisotopic (exact) mass is 483 g/mol. The third-order valence-corrected chi connectivity index (χ3v) is 4.75. The molecule has 1 fully saturated rings. The fourth-order valence-electron chi connectivity index (χ4n) is 3.18. The fourth-order valence-corrected chi connectivity index (χ4v) is 3.18. The van der Waals surface area contributed by atoms with Gasteiger partial charge < -0.3 is 24.8 Å². The zero-order chi connectivity index (χ0) is 21.2. The van der Waals surface area contributed by atoms with E-state index in [4.69, 9.17) is 19.6 Å². The third-order valence-electron chi connectivity index (χ3n) is 4.75. The van der Waals surface area contributed by atoms with E-state index < -0.39 is 0 Å². The van der Waals surface area contributed by atoms with Crippen LogP contribution in [0.4, 0.5) is 0 Å². The second-order valence-corrected chi connectivity index (χ2v) is 6.99. The minimum Gasteiger partial charge on any atom is -0.492 e. The lowest BCUT2D eigenvalue weighted by Crippen LogP contribution is -2.34. The van der Waals surface area contributed by atoms with E-state index in [9.17, 15) is 4.79 Å². The van der Waals surface area contributed by atoms with Crippen molar-refractivity contribution in [3.63, 3.8) is 0 Å². The summed E-state index contributed by atoms with van der Waals surface area (Å²) in [6.07, 6.45) is 2.23. The van der Waals surface area contributed by atoms with Gasteiger partial charge in [-0.15, -0.1) is 24.8 Å². The lowest BCUT2D eigenvalue weighted by atomic mass is 10.1. The lowest BCUT2D eigenvalue weighted by molar-refractivity contribution is 0.0947. The molecule has 0 aromatic heterocycles. The number of piperidine rings is 1. The van der Waals surface area contributed by atoms with E-state index >= 15 is 0 Å². The van der Waals surface area contributed by atoms with Crippen molar-refractivity contribution in [3.8, 4) is 11.5 Å². The number of carbonyl (C=O) groups excluding carboxylic acids is 1. The smallest absolute Gasteiger partial charge is 0.251 e. The van der Waals surface area contributed by atoms with Crippen LogP contribution >= 0.6 is 24.8 Å². The van der Waals surface area contributed by atoms with Crippen LogP contribution in [0.1, 0.15) is 35.7 Å². The Bertz CT molecular complexity index is 843. The zero-order valence-corrected chi connectivity index (χ0v) is 19.7. The maximum absolute atomic E-state index is 12.3. The largest absolute Gasteiger partial charge is 0.492 e. The molecule has 3 N–H and O–H groups in total. The van der Waals surface area contributed by atoms with Gasteiger partial charge in [-0.1, -0.05) is 6.07 Å². The molecule has 2 aromatic carbocycles. The molecule has 1 aliphatic rings. The van der Waals surface area contributed by atoms with Crippen LogP contribution in [0, 0.1) is 5.41 Å². The Morgan fingerprint density at radius 3 is 2.47 bits per heavy atom. The lowest BCUT2D eigenvalue weighted by Gasteiger charge is -2.23. The third kappa shape index (κ3) is 8.57. The minimum atomic E-state index is -0.154. The van der Waals surface area contributed by atoms with E-state index in [1.807, 2.05) is 31.2 Å². The first kappa shape index (κ1) is 27.6. The van der Waals surface area contributed by atoms with Crippen LogP contribution in [0.15, 0.2) is 48.5 Å². The minimum absolute atomic E-state index is 0. The number of benzene rings is 2. The van der Waals surface area contributed by atoms with E-state index in [1.54, 1.807) is 24.3 Å². The van der Waals surface area contributed by atoms with Gasteiger partial charge in [-0.3, -0.25) is 10.2 Å². The summed E-state index contributed by atoms with van der Waals surface area (Å²) in [5.41, 5.74) is 1.24. The summed E-state index contributed by atoms with van der Waals surface area (Å²) >= 11 is 0. The van der Waals surface area contributed by atoms with E-state index in [0.29, 0.717) is 36.6 Å². The molecule has 1 aliphatic heterocycles. The van der Waals surface area contributed by atoms with Gasteiger partial charge in [0, 0.05) is 11.1 Å². The van der Waals surface area contributed by atoms with Gasteiger partial charge in [0.15, 0.2) is 0 Å². The Hall–Kier alpha value is -2.48. The molecule has 0 unspecified atom stereocenters. The molecule has 1 heterocycles. The summed E-state index contributed by atoms with van der Waals surface area (Å²) in [5.74, 6) is 1.38. The molecule has 0 radical (unpaired) electrons. The molecule has 1 amide bonds. The standard InChI is InChI=1S/C23H29N3O4.2ClH/c1-2-28-22(24)18-4-3-5-21(16-18)29-15-14-26-23(27)17-6-8-19(9-7-17)30-20-10-12-25-13-11-20;;/h3-9,16,20,24-25H,2,10-15H2,1H3,(H,26,27);2*1H. The van der Waals surface area contributed by atoms with Crippen molar-refractivity contribution in [2.75, 3.05) is 32.8 Å². The van der Waals surface area contributed by atoms with Crippen molar-refractivity contribution in [1.82, 2.24) is 10.6 Å². The van der Waals surface area contributed by atoms with E-state index in [2.05, 4.69) is 10.6 Å². The molecule has 1 saturated heterocycles. The predicted molar refractivity (Wildman–Crippen MR) is 130 cm³/mol. The summed E-state index contributed by atoms with van der Waals surface area (Å²) in [7, 11) is 0. The normalized spacial score (nSPS) is 13.2. The predicted octanol–water partition coefficient (Wildman–Crippen LogP) is 3.83. The SMILES string of the molecule is CCOC(=N)c1cccc(OCCNC(=O)c2ccc(OC3CCNCC3)cc2)c1.Cl.Cl. The molecule has 7 nitrogen and oxygen atoms in total. The van der Waals surface area contributed by atoms with Gasteiger partial charge in [-0.05, 0) is 75.3 Å². The molecule has 176 valence electrons. The quantitative estimate of drug-likeness (QED) is 0.286. The molecule has 0 saturated carbocycles. The van der Waals surface area contributed by atoms with Crippen LogP contribution in [0.2, 0.25) is 0 Å². The first-order valence-corrected chi connectivity index (χ1v) is 10.4. The van der Waals surface area contributed by atoms with Gasteiger partial charge in [0.05, 0.1) is 13.2 Å². The number of hydrogen-bond acceptors (Lipinski definition) is 6. The summed E-state index contributed by atoms with van der Waals surface area (Å²) < 4.78 is 16.8. The van der Waals surface area contributed by atoms with E-state index in [0.717, 1.165) is 31.7 Å². The Morgan fingerprint density at radius 1 is 1.06 bits per heavy atom. The van der Waals surface area contributed by atoms with Crippen molar-refractivity contribution >= 4 is 36.6 Å². The zero-order valence-electron chi connectivity index (χ0n) is 18.1. The van der Waals surface area contributed by atoms with Gasteiger partial charge >= 0.3 is 0 Å². The van der Waals surface area contributed by atoms with Crippen molar-refractivity contribution in [2.45, 2.75) is 25.9 Å². The second-order valence-electron chi connectivity index (χ2n) is 6.99. The van der Waals surface area contributed by atoms with Gasteiger partial charge in [0.1, 0.15) is 24.2 Å². The molecular formula is C23H31Cl2N3O4. The van der Waals surface area contributed by atoms with Crippen molar-refractivity contribution < 1.29 is 19.0 Å². The molecular weight excluding hydrogens is 453 g/mol. The average Bonchev–Trinajstić information content (AvgIpc) is 2.78. The average molecular weight is 484 g/mol. The highest BCUT2D eigenvalue weighted by Crippen LogP contribution is 2.18. The van der Waals surface area contributed by atoms with Crippen LogP contribution in [-0.2, 0) is 4.74 Å². The van der Waals surface area contributed by atoms with Crippen molar-refractivity contribution in [3.05, 3.63) is 59.7 Å². The van der Waals surface area contributed by atoms with Crippen LogP contribution in [0.25, 0.3) is 0 Å². The number of nitrogens with one attached hydrogen (secondary N) is 3. The molecule has 0 bridgehead atoms. The summed E-state index contributed by atoms with van der Waals surface area (Å²) in [4.78, 5) is 12.3. The molecule has 32 heavy (non-hydrogen) atoms. The number of halogens is 2. The number of carbonyl (C=O) groups is 1. The van der Waals surface area contributed by atoms with E-state index in [1.165, 1.54) is 0 Å². The molecule has 0 aliphatic carbocycles. The second kappa shape index (κ2) is 14.6. The Balaban J connectivity index is 0.00000256. The number of amides is 1. The Morgan fingerprint density at radius 2 is 1.78 bits per heavy atom. The van der Waals surface area contributed by atoms with Crippen molar-refractivity contribution in [1.29, 1.82) is 5.41 Å². The molecule has 2 aromatic rings. The molecule has 9 heteroatoms. The molecule has 0 spiro atoms. The highest BCUT2D eigenvalue weighted by atomic mass is 35.5.